The fraction of sp³-hybridized carbons (Fsp3) is 1.00. The summed E-state index contributed by atoms with van der Waals surface area (Å²) in [5.41, 5.74) is 6.26. The molecule has 0 spiro atoms. The molecule has 0 aliphatic heterocycles. The van der Waals surface area contributed by atoms with Crippen LogP contribution >= 0.6 is 0 Å². The molecule has 16 heavy (non-hydrogen) atoms. The van der Waals surface area contributed by atoms with Gasteiger partial charge >= 0.3 is 0 Å². The van der Waals surface area contributed by atoms with E-state index >= 15 is 0 Å². The Bertz CT molecular complexity index is 210. The summed E-state index contributed by atoms with van der Waals surface area (Å²) >= 11 is 0. The Morgan fingerprint density at radius 1 is 1.44 bits per heavy atom. The van der Waals surface area contributed by atoms with Crippen LogP contribution in [-0.2, 0) is 4.74 Å². The summed E-state index contributed by atoms with van der Waals surface area (Å²) < 4.78 is 5.17. The molecule has 1 saturated carbocycles. The van der Waals surface area contributed by atoms with Crippen LogP contribution in [0.1, 0.15) is 33.1 Å². The van der Waals surface area contributed by atoms with Crippen molar-refractivity contribution in [1.29, 1.82) is 0 Å². The summed E-state index contributed by atoms with van der Waals surface area (Å²) in [6.45, 7) is 7.24. The van der Waals surface area contributed by atoms with Crippen LogP contribution in [0, 0.1) is 11.8 Å². The molecule has 2 N–H and O–H groups in total. The van der Waals surface area contributed by atoms with Crippen LogP contribution in [0.3, 0.4) is 0 Å². The van der Waals surface area contributed by atoms with Crippen LogP contribution in [-0.4, -0.2) is 44.3 Å². The number of rotatable bonds is 5. The van der Waals surface area contributed by atoms with E-state index in [-0.39, 0.29) is 5.54 Å². The lowest BCUT2D eigenvalue weighted by atomic mass is 9.69. The summed E-state index contributed by atoms with van der Waals surface area (Å²) in [4.78, 5) is 2.42. The van der Waals surface area contributed by atoms with Gasteiger partial charge in [0.05, 0.1) is 6.61 Å². The molecule has 3 nitrogen and oxygen atoms in total. The SMILES string of the molecule is COCCN(C)C1(CN)CCC(C)CC1C. The number of likely N-dealkylation sites (N-methyl/N-ethyl adjacent to an activating group) is 1. The number of hydrogen-bond acceptors (Lipinski definition) is 3. The van der Waals surface area contributed by atoms with Crippen LogP contribution in [0.2, 0.25) is 0 Å². The third-order valence-electron chi connectivity index (χ3n) is 4.49. The Kier molecular flexibility index (Phi) is 5.22. The predicted molar refractivity (Wildman–Crippen MR) is 68.5 cm³/mol. The Labute approximate surface area is 100 Å². The first kappa shape index (κ1) is 13.9. The molecule has 0 heterocycles. The first-order chi connectivity index (χ1) is 7.56. The molecule has 0 aromatic carbocycles. The fourth-order valence-corrected chi connectivity index (χ4v) is 3.16. The number of ether oxygens (including phenoxy) is 1. The third kappa shape index (κ3) is 2.76. The van der Waals surface area contributed by atoms with Crippen LogP contribution in [0.5, 0.6) is 0 Å². The monoisotopic (exact) mass is 228 g/mol. The van der Waals surface area contributed by atoms with E-state index in [9.17, 15) is 0 Å². The highest BCUT2D eigenvalue weighted by Gasteiger charge is 2.41. The molecule has 3 unspecified atom stereocenters. The zero-order valence-electron chi connectivity index (χ0n) is 11.3. The van der Waals surface area contributed by atoms with Gasteiger partial charge in [-0.05, 0) is 38.1 Å². The molecule has 1 aliphatic carbocycles. The predicted octanol–water partition coefficient (Wildman–Crippen LogP) is 1.72. The highest BCUT2D eigenvalue weighted by molar-refractivity contribution is 4.98. The molecule has 1 aliphatic rings. The average Bonchev–Trinajstić information content (AvgIpc) is 2.27. The average molecular weight is 228 g/mol. The quantitative estimate of drug-likeness (QED) is 0.778. The molecule has 1 fully saturated rings. The molecular weight excluding hydrogens is 200 g/mol. The van der Waals surface area contributed by atoms with E-state index in [4.69, 9.17) is 10.5 Å². The molecule has 3 heteroatoms. The summed E-state index contributed by atoms with van der Waals surface area (Å²) in [6, 6.07) is 0. The molecule has 0 aromatic heterocycles. The van der Waals surface area contributed by atoms with Crippen molar-refractivity contribution in [3.05, 3.63) is 0 Å². The van der Waals surface area contributed by atoms with E-state index in [2.05, 4.69) is 25.8 Å². The van der Waals surface area contributed by atoms with E-state index in [1.54, 1.807) is 7.11 Å². The minimum Gasteiger partial charge on any atom is -0.383 e. The number of nitrogens with zero attached hydrogens (tertiary/aromatic N) is 1. The lowest BCUT2D eigenvalue weighted by molar-refractivity contribution is 0.00437. The summed E-state index contributed by atoms with van der Waals surface area (Å²) in [7, 11) is 3.95. The van der Waals surface area contributed by atoms with Crippen LogP contribution in [0.15, 0.2) is 0 Å². The Morgan fingerprint density at radius 3 is 2.62 bits per heavy atom. The van der Waals surface area contributed by atoms with E-state index in [0.29, 0.717) is 5.92 Å². The van der Waals surface area contributed by atoms with Gasteiger partial charge in [-0.1, -0.05) is 13.8 Å². The van der Waals surface area contributed by atoms with E-state index in [1.165, 1.54) is 19.3 Å². The molecule has 96 valence electrons. The van der Waals surface area contributed by atoms with Crippen LogP contribution < -0.4 is 5.73 Å². The van der Waals surface area contributed by atoms with Crippen molar-refractivity contribution >= 4 is 0 Å². The van der Waals surface area contributed by atoms with Crippen molar-refractivity contribution < 1.29 is 4.74 Å². The maximum Gasteiger partial charge on any atom is 0.0589 e. The van der Waals surface area contributed by atoms with E-state index in [1.807, 2.05) is 0 Å². The first-order valence-electron chi connectivity index (χ1n) is 6.47. The lowest BCUT2D eigenvalue weighted by Gasteiger charge is -2.50. The molecule has 1 rings (SSSR count). The molecule has 0 bridgehead atoms. The van der Waals surface area contributed by atoms with Gasteiger partial charge in [0.25, 0.3) is 0 Å². The topological polar surface area (TPSA) is 38.5 Å². The van der Waals surface area contributed by atoms with Gasteiger partial charge in [-0.2, -0.15) is 0 Å². The van der Waals surface area contributed by atoms with Crippen molar-refractivity contribution in [1.82, 2.24) is 4.90 Å². The number of hydrogen-bond donors (Lipinski definition) is 1. The zero-order chi connectivity index (χ0) is 12.2. The molecule has 3 atom stereocenters. The fourth-order valence-electron chi connectivity index (χ4n) is 3.16. The standard InChI is InChI=1S/C13H28N2O/c1-11-5-6-13(10-14,12(2)9-11)15(3)7-8-16-4/h11-12H,5-10,14H2,1-4H3. The summed E-state index contributed by atoms with van der Waals surface area (Å²) in [5, 5.41) is 0. The molecule has 0 radical (unpaired) electrons. The summed E-state index contributed by atoms with van der Waals surface area (Å²) in [5.74, 6) is 1.54. The molecule has 0 saturated heterocycles. The smallest absolute Gasteiger partial charge is 0.0589 e. The Hall–Kier alpha value is -0.120. The van der Waals surface area contributed by atoms with Gasteiger partial charge in [-0.25, -0.2) is 0 Å². The maximum absolute atomic E-state index is 6.06. The van der Waals surface area contributed by atoms with Gasteiger partial charge in [0, 0.05) is 25.7 Å². The summed E-state index contributed by atoms with van der Waals surface area (Å²) in [6.07, 6.45) is 3.83. The normalized spacial score (nSPS) is 35.6. The zero-order valence-corrected chi connectivity index (χ0v) is 11.3. The van der Waals surface area contributed by atoms with Gasteiger partial charge in [-0.3, -0.25) is 4.90 Å². The van der Waals surface area contributed by atoms with Crippen molar-refractivity contribution in [2.45, 2.75) is 38.6 Å². The van der Waals surface area contributed by atoms with Gasteiger partial charge in [0.2, 0.25) is 0 Å². The van der Waals surface area contributed by atoms with Gasteiger partial charge in [-0.15, -0.1) is 0 Å². The minimum absolute atomic E-state index is 0.199. The lowest BCUT2D eigenvalue weighted by Crippen LogP contribution is -2.59. The molecule has 0 aromatic rings. The van der Waals surface area contributed by atoms with E-state index < -0.39 is 0 Å². The Balaban J connectivity index is 2.67. The third-order valence-corrected chi connectivity index (χ3v) is 4.49. The second kappa shape index (κ2) is 5.99. The van der Waals surface area contributed by atoms with Crippen molar-refractivity contribution in [3.8, 4) is 0 Å². The second-order valence-electron chi connectivity index (χ2n) is 5.50. The largest absolute Gasteiger partial charge is 0.383 e. The van der Waals surface area contributed by atoms with Gasteiger partial charge in [0.15, 0.2) is 0 Å². The van der Waals surface area contributed by atoms with Gasteiger partial charge < -0.3 is 10.5 Å². The first-order valence-corrected chi connectivity index (χ1v) is 6.47. The van der Waals surface area contributed by atoms with Gasteiger partial charge in [0.1, 0.15) is 0 Å². The number of methoxy groups -OCH3 is 1. The highest BCUT2D eigenvalue weighted by Crippen LogP contribution is 2.39. The van der Waals surface area contributed by atoms with Crippen molar-refractivity contribution in [2.24, 2.45) is 17.6 Å². The van der Waals surface area contributed by atoms with Crippen LogP contribution in [0.4, 0.5) is 0 Å². The highest BCUT2D eigenvalue weighted by atomic mass is 16.5. The maximum atomic E-state index is 6.06. The number of nitrogens with two attached hydrogens (primary N) is 1. The van der Waals surface area contributed by atoms with Crippen molar-refractivity contribution in [3.63, 3.8) is 0 Å². The molecular formula is C13H28N2O. The van der Waals surface area contributed by atoms with Crippen LogP contribution in [0.25, 0.3) is 0 Å². The van der Waals surface area contributed by atoms with Crippen molar-refractivity contribution in [2.75, 3.05) is 33.9 Å². The van der Waals surface area contributed by atoms with E-state index in [0.717, 1.165) is 25.6 Å². The molecule has 0 amide bonds. The Morgan fingerprint density at radius 2 is 2.12 bits per heavy atom. The second-order valence-corrected chi connectivity index (χ2v) is 5.50. The minimum atomic E-state index is 0.199.